The van der Waals surface area contributed by atoms with Crippen molar-refractivity contribution < 1.29 is 19.4 Å². The number of rotatable bonds is 4. The summed E-state index contributed by atoms with van der Waals surface area (Å²) in [5, 5.41) is 10.8. The van der Waals surface area contributed by atoms with Crippen molar-refractivity contribution in [2.75, 3.05) is 0 Å². The quantitative estimate of drug-likeness (QED) is 0.694. The van der Waals surface area contributed by atoms with Crippen LogP contribution in [0.4, 0.5) is 4.79 Å². The van der Waals surface area contributed by atoms with Gasteiger partial charge in [0.1, 0.15) is 5.75 Å². The first-order chi connectivity index (χ1) is 8.02. The standard InChI is InChI=1S/C11H14N2O4/c1-7(10(15)13-11(12)16)17-9-4-2-3-8(5-9)6-14/h2-5,7,14H,6H2,1H3,(H3,12,13,15,16). The van der Waals surface area contributed by atoms with E-state index in [4.69, 9.17) is 15.6 Å². The van der Waals surface area contributed by atoms with E-state index >= 15 is 0 Å². The molecule has 1 aromatic rings. The number of benzene rings is 1. The van der Waals surface area contributed by atoms with Crippen LogP contribution in [0.25, 0.3) is 0 Å². The van der Waals surface area contributed by atoms with E-state index in [1.807, 2.05) is 5.32 Å². The van der Waals surface area contributed by atoms with Gasteiger partial charge < -0.3 is 15.6 Å². The topological polar surface area (TPSA) is 102 Å². The Morgan fingerprint density at radius 2 is 2.24 bits per heavy atom. The van der Waals surface area contributed by atoms with E-state index in [0.717, 1.165) is 0 Å². The van der Waals surface area contributed by atoms with E-state index in [2.05, 4.69) is 0 Å². The third-order valence-corrected chi connectivity index (χ3v) is 2.01. The van der Waals surface area contributed by atoms with Crippen molar-refractivity contribution in [2.24, 2.45) is 5.73 Å². The number of imide groups is 1. The largest absolute Gasteiger partial charge is 0.481 e. The SMILES string of the molecule is CC(Oc1cccc(CO)c1)C(=O)NC(N)=O. The average molecular weight is 238 g/mol. The molecule has 0 aliphatic heterocycles. The zero-order valence-electron chi connectivity index (χ0n) is 9.34. The number of carbonyl (C=O) groups is 2. The molecule has 1 rings (SSSR count). The molecule has 1 unspecified atom stereocenters. The Bertz CT molecular complexity index is 420. The van der Waals surface area contributed by atoms with E-state index < -0.39 is 18.0 Å². The maximum absolute atomic E-state index is 11.3. The van der Waals surface area contributed by atoms with Gasteiger partial charge in [0, 0.05) is 0 Å². The summed E-state index contributed by atoms with van der Waals surface area (Å²) in [5.74, 6) is -0.185. The van der Waals surface area contributed by atoms with Gasteiger partial charge >= 0.3 is 6.03 Å². The highest BCUT2D eigenvalue weighted by Crippen LogP contribution is 2.14. The molecule has 0 fully saturated rings. The van der Waals surface area contributed by atoms with Gasteiger partial charge in [-0.25, -0.2) is 4.79 Å². The molecule has 0 radical (unpaired) electrons. The lowest BCUT2D eigenvalue weighted by atomic mass is 10.2. The highest BCUT2D eigenvalue weighted by molar-refractivity contribution is 5.95. The fraction of sp³-hybridized carbons (Fsp3) is 0.273. The maximum atomic E-state index is 11.3. The van der Waals surface area contributed by atoms with Crippen LogP contribution in [0.5, 0.6) is 5.75 Å². The van der Waals surface area contributed by atoms with Crippen LogP contribution in [0.15, 0.2) is 24.3 Å². The Morgan fingerprint density at radius 3 is 2.82 bits per heavy atom. The number of hydrogen-bond acceptors (Lipinski definition) is 4. The van der Waals surface area contributed by atoms with Crippen molar-refractivity contribution in [3.63, 3.8) is 0 Å². The van der Waals surface area contributed by atoms with Gasteiger partial charge in [-0.2, -0.15) is 0 Å². The molecule has 92 valence electrons. The fourth-order valence-electron chi connectivity index (χ4n) is 1.20. The molecule has 0 saturated carbocycles. The summed E-state index contributed by atoms with van der Waals surface area (Å²) in [6, 6.07) is 5.75. The molecule has 0 spiro atoms. The molecule has 6 nitrogen and oxygen atoms in total. The first-order valence-corrected chi connectivity index (χ1v) is 4.99. The minimum atomic E-state index is -0.922. The lowest BCUT2D eigenvalue weighted by molar-refractivity contribution is -0.126. The van der Waals surface area contributed by atoms with Gasteiger partial charge in [-0.15, -0.1) is 0 Å². The minimum absolute atomic E-state index is 0.112. The third kappa shape index (κ3) is 4.12. The van der Waals surface area contributed by atoms with Crippen molar-refractivity contribution in [1.29, 1.82) is 0 Å². The van der Waals surface area contributed by atoms with Crippen LogP contribution < -0.4 is 15.8 Å². The van der Waals surface area contributed by atoms with E-state index in [0.29, 0.717) is 11.3 Å². The summed E-state index contributed by atoms with van der Waals surface area (Å²) < 4.78 is 5.29. The van der Waals surface area contributed by atoms with Crippen LogP contribution in [0.2, 0.25) is 0 Å². The lowest BCUT2D eigenvalue weighted by Gasteiger charge is -2.13. The Morgan fingerprint density at radius 1 is 1.53 bits per heavy atom. The summed E-state index contributed by atoms with van der Waals surface area (Å²) in [6.07, 6.45) is -0.851. The second-order valence-electron chi connectivity index (χ2n) is 3.42. The highest BCUT2D eigenvalue weighted by Gasteiger charge is 2.15. The monoisotopic (exact) mass is 238 g/mol. The number of primary amides is 1. The van der Waals surface area contributed by atoms with Crippen molar-refractivity contribution >= 4 is 11.9 Å². The minimum Gasteiger partial charge on any atom is -0.481 e. The number of amides is 3. The molecule has 3 amide bonds. The number of urea groups is 1. The smallest absolute Gasteiger partial charge is 0.318 e. The van der Waals surface area contributed by atoms with Crippen molar-refractivity contribution in [3.8, 4) is 5.75 Å². The van der Waals surface area contributed by atoms with E-state index in [-0.39, 0.29) is 6.61 Å². The van der Waals surface area contributed by atoms with E-state index in [1.165, 1.54) is 6.92 Å². The fourth-order valence-corrected chi connectivity index (χ4v) is 1.20. The molecule has 1 atom stereocenters. The summed E-state index contributed by atoms with van der Waals surface area (Å²) in [4.78, 5) is 21.8. The zero-order chi connectivity index (χ0) is 12.8. The Balaban J connectivity index is 2.63. The summed E-state index contributed by atoms with van der Waals surface area (Å²) in [5.41, 5.74) is 5.48. The number of nitrogens with one attached hydrogen (secondary N) is 1. The number of hydrogen-bond donors (Lipinski definition) is 3. The molecule has 4 N–H and O–H groups in total. The normalized spacial score (nSPS) is 11.6. The third-order valence-electron chi connectivity index (χ3n) is 2.01. The van der Waals surface area contributed by atoms with Gasteiger partial charge in [0.15, 0.2) is 6.10 Å². The highest BCUT2D eigenvalue weighted by atomic mass is 16.5. The molecule has 0 heterocycles. The molecule has 6 heteroatoms. The van der Waals surface area contributed by atoms with Crippen LogP contribution in [-0.2, 0) is 11.4 Å². The molecule has 0 bridgehead atoms. The van der Waals surface area contributed by atoms with Crippen molar-refractivity contribution in [2.45, 2.75) is 19.6 Å². The maximum Gasteiger partial charge on any atom is 0.318 e. The van der Waals surface area contributed by atoms with Gasteiger partial charge in [-0.3, -0.25) is 10.1 Å². The van der Waals surface area contributed by atoms with Gasteiger partial charge in [-0.05, 0) is 24.6 Å². The lowest BCUT2D eigenvalue weighted by Crippen LogP contribution is -2.42. The number of aliphatic hydroxyl groups is 1. The second kappa shape index (κ2) is 5.86. The molecular formula is C11H14N2O4. The Kier molecular flexibility index (Phi) is 4.47. The predicted octanol–water partition coefficient (Wildman–Crippen LogP) is 0.141. The van der Waals surface area contributed by atoms with Crippen LogP contribution in [0.1, 0.15) is 12.5 Å². The summed E-state index contributed by atoms with van der Waals surface area (Å²) in [7, 11) is 0. The molecule has 1 aromatic carbocycles. The van der Waals surface area contributed by atoms with Crippen molar-refractivity contribution in [3.05, 3.63) is 29.8 Å². The van der Waals surface area contributed by atoms with E-state index in [1.54, 1.807) is 24.3 Å². The number of ether oxygens (including phenoxy) is 1. The first kappa shape index (κ1) is 13.0. The first-order valence-electron chi connectivity index (χ1n) is 4.99. The Labute approximate surface area is 98.4 Å². The van der Waals surface area contributed by atoms with Gasteiger partial charge in [0.2, 0.25) is 0 Å². The summed E-state index contributed by atoms with van der Waals surface area (Å²) >= 11 is 0. The second-order valence-corrected chi connectivity index (χ2v) is 3.42. The van der Waals surface area contributed by atoms with Crippen LogP contribution in [0.3, 0.4) is 0 Å². The van der Waals surface area contributed by atoms with E-state index in [9.17, 15) is 9.59 Å². The molecule has 0 aliphatic rings. The van der Waals surface area contributed by atoms with Crippen LogP contribution >= 0.6 is 0 Å². The molecule has 17 heavy (non-hydrogen) atoms. The molecule has 0 saturated heterocycles. The molecule has 0 aliphatic carbocycles. The van der Waals surface area contributed by atoms with Crippen molar-refractivity contribution in [1.82, 2.24) is 5.32 Å². The Hall–Kier alpha value is -2.08. The van der Waals surface area contributed by atoms with Gasteiger partial charge in [0.05, 0.1) is 6.61 Å². The summed E-state index contributed by atoms with van der Waals surface area (Å²) in [6.45, 7) is 1.38. The predicted molar refractivity (Wildman–Crippen MR) is 60.2 cm³/mol. The number of aliphatic hydroxyl groups excluding tert-OH is 1. The number of carbonyl (C=O) groups excluding carboxylic acids is 2. The van der Waals surface area contributed by atoms with Gasteiger partial charge in [0.25, 0.3) is 5.91 Å². The van der Waals surface area contributed by atoms with Crippen LogP contribution in [-0.4, -0.2) is 23.1 Å². The number of nitrogens with two attached hydrogens (primary N) is 1. The van der Waals surface area contributed by atoms with Crippen LogP contribution in [0, 0.1) is 0 Å². The molecular weight excluding hydrogens is 224 g/mol. The zero-order valence-corrected chi connectivity index (χ0v) is 9.34. The van der Waals surface area contributed by atoms with Gasteiger partial charge in [-0.1, -0.05) is 12.1 Å². The molecule has 0 aromatic heterocycles. The average Bonchev–Trinajstić information content (AvgIpc) is 2.28.